The molecule has 10 heteroatoms. The van der Waals surface area contributed by atoms with Crippen LogP contribution in [0.5, 0.6) is 5.88 Å². The summed E-state index contributed by atoms with van der Waals surface area (Å²) in [5.41, 5.74) is 4.23. The van der Waals surface area contributed by atoms with Gasteiger partial charge in [0.25, 0.3) is 11.8 Å². The van der Waals surface area contributed by atoms with E-state index in [9.17, 15) is 10.1 Å². The number of pyridine rings is 2. The van der Waals surface area contributed by atoms with Crippen molar-refractivity contribution in [3.05, 3.63) is 71.2 Å². The maximum absolute atomic E-state index is 13.0. The molecule has 38 heavy (non-hydrogen) atoms. The molecule has 0 fully saturated rings. The molecule has 5 heterocycles. The van der Waals surface area contributed by atoms with Crippen LogP contribution in [0.3, 0.4) is 0 Å². The van der Waals surface area contributed by atoms with E-state index in [-0.39, 0.29) is 12.5 Å². The van der Waals surface area contributed by atoms with Gasteiger partial charge >= 0.3 is 0 Å². The number of benzene rings is 1. The Kier molecular flexibility index (Phi) is 5.85. The molecule has 0 spiro atoms. The van der Waals surface area contributed by atoms with Crippen molar-refractivity contribution >= 4 is 22.6 Å². The Hall–Kier alpha value is -4.62. The number of nitriles is 1. The Morgan fingerprint density at radius 3 is 2.92 bits per heavy atom. The minimum absolute atomic E-state index is 0.233. The molecule has 1 atom stereocenters. The van der Waals surface area contributed by atoms with Crippen LogP contribution in [0.4, 0.5) is 5.82 Å². The summed E-state index contributed by atoms with van der Waals surface area (Å²) in [4.78, 5) is 33.3. The van der Waals surface area contributed by atoms with Crippen LogP contribution in [0, 0.1) is 11.3 Å². The monoisotopic (exact) mass is 507 g/mol. The summed E-state index contributed by atoms with van der Waals surface area (Å²) in [6.45, 7) is 4.13. The lowest BCUT2D eigenvalue weighted by Gasteiger charge is -2.30. The molecule has 0 saturated heterocycles. The van der Waals surface area contributed by atoms with E-state index in [1.165, 1.54) is 0 Å². The van der Waals surface area contributed by atoms with E-state index in [4.69, 9.17) is 19.4 Å². The minimum atomic E-state index is -0.780. The lowest BCUT2D eigenvalue weighted by molar-refractivity contribution is 0.0757. The molecule has 1 aromatic carbocycles. The van der Waals surface area contributed by atoms with Gasteiger partial charge in [-0.05, 0) is 48.4 Å². The zero-order valence-electron chi connectivity index (χ0n) is 21.1. The number of aromatic nitrogens is 4. The Labute approximate surface area is 219 Å². The van der Waals surface area contributed by atoms with Crippen molar-refractivity contribution in [2.24, 2.45) is 0 Å². The van der Waals surface area contributed by atoms with Gasteiger partial charge in [-0.15, -0.1) is 0 Å². The third-order valence-corrected chi connectivity index (χ3v) is 6.93. The molecular formula is C28H25N7O3. The highest BCUT2D eigenvalue weighted by Crippen LogP contribution is 2.33. The number of rotatable bonds is 4. The van der Waals surface area contributed by atoms with Gasteiger partial charge in [-0.3, -0.25) is 9.78 Å². The predicted molar refractivity (Wildman–Crippen MR) is 140 cm³/mol. The predicted octanol–water partition coefficient (Wildman–Crippen LogP) is 3.16. The summed E-state index contributed by atoms with van der Waals surface area (Å²) in [6, 6.07) is 13.4. The number of anilines is 1. The quantitative estimate of drug-likeness (QED) is 0.443. The van der Waals surface area contributed by atoms with Gasteiger partial charge in [0.2, 0.25) is 0 Å². The molecule has 1 amide bonds. The number of carbonyl (C=O) groups is 1. The third kappa shape index (κ3) is 4.27. The molecule has 10 nitrogen and oxygen atoms in total. The van der Waals surface area contributed by atoms with Crippen LogP contribution >= 0.6 is 0 Å². The fourth-order valence-corrected chi connectivity index (χ4v) is 4.69. The van der Waals surface area contributed by atoms with Gasteiger partial charge in [-0.1, -0.05) is 6.07 Å². The first kappa shape index (κ1) is 23.8. The second-order valence-electron chi connectivity index (χ2n) is 9.71. The summed E-state index contributed by atoms with van der Waals surface area (Å²) >= 11 is 0. The van der Waals surface area contributed by atoms with Crippen molar-refractivity contribution in [2.45, 2.75) is 25.5 Å². The molecule has 2 aliphatic rings. The molecule has 0 saturated carbocycles. The first-order valence-corrected chi connectivity index (χ1v) is 12.3. The van der Waals surface area contributed by atoms with Gasteiger partial charge in [0.15, 0.2) is 5.82 Å². The fourth-order valence-electron chi connectivity index (χ4n) is 4.69. The molecule has 3 aromatic heterocycles. The highest BCUT2D eigenvalue weighted by atomic mass is 16.5. The number of nitrogens with zero attached hydrogens (tertiary/aromatic N) is 6. The Morgan fingerprint density at radius 1 is 1.16 bits per heavy atom. The van der Waals surface area contributed by atoms with E-state index < -0.39 is 5.41 Å². The maximum atomic E-state index is 13.0. The van der Waals surface area contributed by atoms with Crippen LogP contribution in [-0.4, -0.2) is 52.6 Å². The van der Waals surface area contributed by atoms with Crippen molar-refractivity contribution < 1.29 is 14.3 Å². The second-order valence-corrected chi connectivity index (χ2v) is 9.71. The van der Waals surface area contributed by atoms with E-state index in [0.717, 1.165) is 28.6 Å². The highest BCUT2D eigenvalue weighted by Gasteiger charge is 2.33. The molecule has 6 rings (SSSR count). The Bertz CT molecular complexity index is 1620. The van der Waals surface area contributed by atoms with Crippen molar-refractivity contribution in [3.63, 3.8) is 0 Å². The van der Waals surface area contributed by atoms with Gasteiger partial charge in [-0.2, -0.15) is 5.26 Å². The summed E-state index contributed by atoms with van der Waals surface area (Å²) in [5, 5.41) is 13.5. The molecule has 0 radical (unpaired) electrons. The number of carbonyl (C=O) groups excluding carboxylic acids is 1. The highest BCUT2D eigenvalue weighted by molar-refractivity contribution is 5.94. The third-order valence-electron chi connectivity index (χ3n) is 6.93. The number of ether oxygens (including phenoxy) is 2. The zero-order chi connectivity index (χ0) is 26.3. The number of fused-ring (bicyclic) bond motifs is 3. The van der Waals surface area contributed by atoms with E-state index >= 15 is 0 Å². The van der Waals surface area contributed by atoms with Crippen molar-refractivity contribution in [1.82, 2.24) is 25.3 Å². The molecule has 2 aliphatic heterocycles. The summed E-state index contributed by atoms with van der Waals surface area (Å²) in [6.07, 6.45) is 3.40. The average molecular weight is 508 g/mol. The number of hydrogen-bond donors (Lipinski definition) is 1. The smallest absolute Gasteiger partial charge is 0.257 e. The van der Waals surface area contributed by atoms with Gasteiger partial charge < -0.3 is 19.7 Å². The molecule has 190 valence electrons. The lowest BCUT2D eigenvalue weighted by Crippen LogP contribution is -2.33. The number of hydrogen-bond acceptors (Lipinski definition) is 9. The average Bonchev–Trinajstić information content (AvgIpc) is 2.95. The van der Waals surface area contributed by atoms with Gasteiger partial charge in [0.05, 0.1) is 55.5 Å². The fraction of sp³-hybridized carbons (Fsp3) is 0.286. The first-order chi connectivity index (χ1) is 18.4. The van der Waals surface area contributed by atoms with Gasteiger partial charge in [0, 0.05) is 24.2 Å². The Morgan fingerprint density at radius 2 is 2.05 bits per heavy atom. The van der Waals surface area contributed by atoms with Gasteiger partial charge in [-0.25, -0.2) is 15.0 Å². The maximum Gasteiger partial charge on any atom is 0.257 e. The standard InChI is InChI=1S/C28H25N7O3/c1-28(15-29)16-37-14-19-4-3-17(9-21(19)28)26(36)31-12-20-10-23-18(11-30-20)5-6-22(33-23)24-13-32-27-25(34-24)35(2)7-8-38-27/h3-6,9-11,13H,7-8,12,14,16H2,1-2H3,(H,31,36)/t28-/m1/s1. The summed E-state index contributed by atoms with van der Waals surface area (Å²) in [5.74, 6) is 0.979. The molecule has 4 aromatic rings. The zero-order valence-corrected chi connectivity index (χ0v) is 21.1. The minimum Gasteiger partial charge on any atom is -0.473 e. The van der Waals surface area contributed by atoms with Crippen LogP contribution < -0.4 is 15.0 Å². The molecule has 0 unspecified atom stereocenters. The lowest BCUT2D eigenvalue weighted by atomic mass is 9.79. The van der Waals surface area contributed by atoms with Crippen LogP contribution in [-0.2, 0) is 23.3 Å². The summed E-state index contributed by atoms with van der Waals surface area (Å²) in [7, 11) is 1.96. The summed E-state index contributed by atoms with van der Waals surface area (Å²) < 4.78 is 11.2. The van der Waals surface area contributed by atoms with E-state index in [2.05, 4.69) is 21.4 Å². The molecule has 1 N–H and O–H groups in total. The van der Waals surface area contributed by atoms with Gasteiger partial charge in [0.1, 0.15) is 17.7 Å². The normalized spacial score (nSPS) is 18.2. The van der Waals surface area contributed by atoms with E-state index in [1.807, 2.05) is 43.1 Å². The molecular weight excluding hydrogens is 482 g/mol. The molecule has 0 bridgehead atoms. The second kappa shape index (κ2) is 9.36. The first-order valence-electron chi connectivity index (χ1n) is 12.3. The Balaban J connectivity index is 1.21. The van der Waals surface area contributed by atoms with Crippen molar-refractivity contribution in [1.29, 1.82) is 5.26 Å². The van der Waals surface area contributed by atoms with E-state index in [1.54, 1.807) is 24.5 Å². The van der Waals surface area contributed by atoms with Crippen LogP contribution in [0.25, 0.3) is 22.3 Å². The SMILES string of the molecule is CN1CCOc2ncc(-c3ccc4cnc(CNC(=O)c5ccc6c(c5)[C@](C)(C#N)COC6)cc4n3)nc21. The van der Waals surface area contributed by atoms with E-state index in [0.29, 0.717) is 54.2 Å². The van der Waals surface area contributed by atoms with Crippen molar-refractivity contribution in [2.75, 3.05) is 31.7 Å². The number of amides is 1. The van der Waals surface area contributed by atoms with Crippen LogP contribution in [0.15, 0.2) is 48.8 Å². The number of likely N-dealkylation sites (N-methyl/N-ethyl adjacent to an activating group) is 1. The number of nitrogens with one attached hydrogen (secondary N) is 1. The molecule has 0 aliphatic carbocycles. The van der Waals surface area contributed by atoms with Crippen LogP contribution in [0.2, 0.25) is 0 Å². The topological polar surface area (TPSA) is 126 Å². The largest absolute Gasteiger partial charge is 0.473 e. The van der Waals surface area contributed by atoms with Crippen LogP contribution in [0.1, 0.15) is 34.1 Å². The van der Waals surface area contributed by atoms with Crippen molar-refractivity contribution in [3.8, 4) is 23.3 Å².